The van der Waals surface area contributed by atoms with Crippen molar-refractivity contribution in [2.24, 2.45) is 0 Å². The van der Waals surface area contributed by atoms with E-state index in [9.17, 15) is 5.11 Å². The summed E-state index contributed by atoms with van der Waals surface area (Å²) in [6.07, 6.45) is 8.07. The molecule has 3 rings (SSSR count). The van der Waals surface area contributed by atoms with Gasteiger partial charge in [-0.15, -0.1) is 0 Å². The lowest BCUT2D eigenvalue weighted by molar-refractivity contribution is 0.0274. The number of rotatable bonds is 5. The number of nitrogens with zero attached hydrogens (tertiary/aromatic N) is 3. The van der Waals surface area contributed by atoms with Crippen LogP contribution in [0.15, 0.2) is 42.7 Å². The van der Waals surface area contributed by atoms with E-state index in [1.807, 2.05) is 18.5 Å². The van der Waals surface area contributed by atoms with Crippen molar-refractivity contribution in [3.8, 4) is 0 Å². The predicted molar refractivity (Wildman–Crippen MR) is 87.5 cm³/mol. The molecule has 4 nitrogen and oxygen atoms in total. The lowest BCUT2D eigenvalue weighted by atomic mass is 9.91. The number of likely N-dealkylation sites (N-methyl/N-ethyl adjacent to an activating group) is 1. The smallest absolute Gasteiger partial charge is 0.123 e. The molecule has 2 aromatic rings. The summed E-state index contributed by atoms with van der Waals surface area (Å²) < 4.78 is 2.20. The van der Waals surface area contributed by atoms with E-state index in [-0.39, 0.29) is 12.1 Å². The SMILES string of the molecule is CN(Cc1nccn1Cc1ccccc1)[C@H]1CCCC[C@@H]1O. The van der Waals surface area contributed by atoms with Crippen molar-refractivity contribution in [3.05, 3.63) is 54.1 Å². The first-order valence-electron chi connectivity index (χ1n) is 8.16. The van der Waals surface area contributed by atoms with Crippen molar-refractivity contribution < 1.29 is 5.11 Å². The molecule has 22 heavy (non-hydrogen) atoms. The van der Waals surface area contributed by atoms with Crippen molar-refractivity contribution in [2.45, 2.75) is 50.9 Å². The molecule has 1 aliphatic carbocycles. The van der Waals surface area contributed by atoms with Gasteiger partial charge in [-0.1, -0.05) is 43.2 Å². The van der Waals surface area contributed by atoms with Crippen LogP contribution in [0.25, 0.3) is 0 Å². The second-order valence-electron chi connectivity index (χ2n) is 6.29. The molecule has 1 N–H and O–H groups in total. The monoisotopic (exact) mass is 299 g/mol. The van der Waals surface area contributed by atoms with Crippen LogP contribution < -0.4 is 0 Å². The minimum absolute atomic E-state index is 0.198. The first-order valence-corrected chi connectivity index (χ1v) is 8.16. The average molecular weight is 299 g/mol. The zero-order chi connectivity index (χ0) is 15.4. The fourth-order valence-electron chi connectivity index (χ4n) is 3.36. The van der Waals surface area contributed by atoms with Gasteiger partial charge in [0.25, 0.3) is 0 Å². The van der Waals surface area contributed by atoms with Crippen LogP contribution in [0.4, 0.5) is 0 Å². The van der Waals surface area contributed by atoms with E-state index in [4.69, 9.17) is 0 Å². The van der Waals surface area contributed by atoms with Gasteiger partial charge in [0, 0.05) is 25.0 Å². The first kappa shape index (κ1) is 15.3. The average Bonchev–Trinajstić information content (AvgIpc) is 2.95. The maximum atomic E-state index is 10.2. The Hall–Kier alpha value is -1.65. The third kappa shape index (κ3) is 3.57. The molecule has 4 heteroatoms. The summed E-state index contributed by atoms with van der Waals surface area (Å²) in [6, 6.07) is 10.7. The Labute approximate surface area is 132 Å². The molecule has 0 amide bonds. The zero-order valence-electron chi connectivity index (χ0n) is 13.2. The fraction of sp³-hybridized carbons (Fsp3) is 0.500. The molecule has 2 atom stereocenters. The van der Waals surface area contributed by atoms with Crippen LogP contribution in [-0.4, -0.2) is 38.8 Å². The standard InChI is InChI=1S/C18H25N3O/c1-20(16-9-5-6-10-17(16)22)14-18-19-11-12-21(18)13-15-7-3-2-4-8-15/h2-4,7-8,11-12,16-17,22H,5-6,9-10,13-14H2,1H3/t16-,17-/m0/s1. The van der Waals surface area contributed by atoms with E-state index in [2.05, 4.69) is 45.8 Å². The van der Waals surface area contributed by atoms with Crippen LogP contribution in [0.5, 0.6) is 0 Å². The maximum Gasteiger partial charge on any atom is 0.123 e. The Kier molecular flexibility index (Phi) is 4.90. The van der Waals surface area contributed by atoms with Gasteiger partial charge in [-0.25, -0.2) is 4.98 Å². The van der Waals surface area contributed by atoms with E-state index >= 15 is 0 Å². The van der Waals surface area contributed by atoms with Crippen molar-refractivity contribution in [2.75, 3.05) is 7.05 Å². The molecule has 1 heterocycles. The minimum Gasteiger partial charge on any atom is -0.391 e. The van der Waals surface area contributed by atoms with Crippen molar-refractivity contribution in [3.63, 3.8) is 0 Å². The van der Waals surface area contributed by atoms with Crippen molar-refractivity contribution in [1.29, 1.82) is 0 Å². The first-order chi connectivity index (χ1) is 10.7. The molecule has 1 saturated carbocycles. The second-order valence-corrected chi connectivity index (χ2v) is 6.29. The highest BCUT2D eigenvalue weighted by atomic mass is 16.3. The molecule has 0 spiro atoms. The topological polar surface area (TPSA) is 41.3 Å². The lowest BCUT2D eigenvalue weighted by Crippen LogP contribution is -2.43. The summed E-state index contributed by atoms with van der Waals surface area (Å²) in [4.78, 5) is 6.77. The molecular formula is C18H25N3O. The Morgan fingerprint density at radius 3 is 2.77 bits per heavy atom. The summed E-state index contributed by atoms with van der Waals surface area (Å²) >= 11 is 0. The fourth-order valence-corrected chi connectivity index (χ4v) is 3.36. The van der Waals surface area contributed by atoms with Crippen molar-refractivity contribution in [1.82, 2.24) is 14.5 Å². The molecule has 0 radical (unpaired) electrons. The summed E-state index contributed by atoms with van der Waals surface area (Å²) in [5.74, 6) is 1.06. The number of aliphatic hydroxyl groups excluding tert-OH is 1. The van der Waals surface area contributed by atoms with Crippen LogP contribution in [0.1, 0.15) is 37.1 Å². The van der Waals surface area contributed by atoms with Gasteiger partial charge in [0.15, 0.2) is 0 Å². The van der Waals surface area contributed by atoms with Crippen LogP contribution in [0.3, 0.4) is 0 Å². The Bertz CT molecular complexity index is 581. The molecule has 118 valence electrons. The Balaban J connectivity index is 1.67. The van der Waals surface area contributed by atoms with Gasteiger partial charge in [0.05, 0.1) is 12.6 Å². The molecule has 0 aliphatic heterocycles. The highest BCUT2D eigenvalue weighted by molar-refractivity contribution is 5.15. The normalized spacial score (nSPS) is 22.1. The predicted octanol–water partition coefficient (Wildman–Crippen LogP) is 2.67. The van der Waals surface area contributed by atoms with Gasteiger partial charge in [0.1, 0.15) is 5.82 Å². The Morgan fingerprint density at radius 2 is 2.00 bits per heavy atom. The van der Waals surface area contributed by atoms with Gasteiger partial charge in [-0.2, -0.15) is 0 Å². The highest BCUT2D eigenvalue weighted by Gasteiger charge is 2.27. The molecule has 1 aromatic heterocycles. The van der Waals surface area contributed by atoms with E-state index in [1.165, 1.54) is 12.0 Å². The van der Waals surface area contributed by atoms with Gasteiger partial charge in [-0.3, -0.25) is 4.90 Å². The number of hydrogen-bond acceptors (Lipinski definition) is 3. The molecule has 1 fully saturated rings. The third-order valence-electron chi connectivity index (χ3n) is 4.65. The minimum atomic E-state index is -0.198. The Morgan fingerprint density at radius 1 is 1.23 bits per heavy atom. The number of hydrogen-bond donors (Lipinski definition) is 1. The summed E-state index contributed by atoms with van der Waals surface area (Å²) in [5.41, 5.74) is 1.28. The maximum absolute atomic E-state index is 10.2. The zero-order valence-corrected chi connectivity index (χ0v) is 13.2. The lowest BCUT2D eigenvalue weighted by Gasteiger charge is -2.35. The van der Waals surface area contributed by atoms with Crippen LogP contribution >= 0.6 is 0 Å². The van der Waals surface area contributed by atoms with Crippen LogP contribution in [-0.2, 0) is 13.1 Å². The number of aromatic nitrogens is 2. The number of aliphatic hydroxyl groups is 1. The second kappa shape index (κ2) is 7.07. The largest absolute Gasteiger partial charge is 0.391 e. The van der Waals surface area contributed by atoms with Gasteiger partial charge in [0.2, 0.25) is 0 Å². The summed E-state index contributed by atoms with van der Waals surface area (Å²) in [6.45, 7) is 1.62. The molecule has 0 bridgehead atoms. The molecule has 1 aromatic carbocycles. The molecule has 0 unspecified atom stereocenters. The number of benzene rings is 1. The quantitative estimate of drug-likeness (QED) is 0.923. The molecular weight excluding hydrogens is 274 g/mol. The van der Waals surface area contributed by atoms with Gasteiger partial charge >= 0.3 is 0 Å². The van der Waals surface area contributed by atoms with Crippen LogP contribution in [0, 0.1) is 0 Å². The van der Waals surface area contributed by atoms with Crippen molar-refractivity contribution >= 4 is 0 Å². The van der Waals surface area contributed by atoms with E-state index in [1.54, 1.807) is 0 Å². The van der Waals surface area contributed by atoms with E-state index < -0.39 is 0 Å². The molecule has 1 aliphatic rings. The van der Waals surface area contributed by atoms with Gasteiger partial charge < -0.3 is 9.67 Å². The molecule has 0 saturated heterocycles. The van der Waals surface area contributed by atoms with Gasteiger partial charge in [-0.05, 0) is 25.5 Å². The number of imidazole rings is 1. The van der Waals surface area contributed by atoms with E-state index in [0.717, 1.165) is 38.2 Å². The van der Waals surface area contributed by atoms with E-state index in [0.29, 0.717) is 0 Å². The summed E-state index contributed by atoms with van der Waals surface area (Å²) in [5, 5.41) is 10.2. The van der Waals surface area contributed by atoms with Crippen LogP contribution in [0.2, 0.25) is 0 Å². The highest BCUT2D eigenvalue weighted by Crippen LogP contribution is 2.23. The summed E-state index contributed by atoms with van der Waals surface area (Å²) in [7, 11) is 2.10. The third-order valence-corrected chi connectivity index (χ3v) is 4.65.